The van der Waals surface area contributed by atoms with E-state index in [1.165, 1.54) is 12.3 Å². The van der Waals surface area contributed by atoms with E-state index in [1.807, 2.05) is 30.3 Å². The van der Waals surface area contributed by atoms with Crippen molar-refractivity contribution in [3.8, 4) is 0 Å². The van der Waals surface area contributed by atoms with Crippen molar-refractivity contribution in [2.45, 2.75) is 5.33 Å². The zero-order valence-corrected chi connectivity index (χ0v) is 14.1. The van der Waals surface area contributed by atoms with Crippen molar-refractivity contribution in [2.24, 2.45) is 0 Å². The molecule has 24 heavy (non-hydrogen) atoms. The largest absolute Gasteiger partial charge is 0.476 e. The minimum atomic E-state index is -1.19. The molecule has 1 amide bonds. The first-order chi connectivity index (χ1) is 11.6. The molecule has 0 bridgehead atoms. The lowest BCUT2D eigenvalue weighted by atomic mass is 10.00. The third-order valence-electron chi connectivity index (χ3n) is 3.66. The van der Waals surface area contributed by atoms with E-state index in [0.29, 0.717) is 10.9 Å². The molecule has 0 aliphatic heterocycles. The number of carboxylic acids is 1. The minimum Gasteiger partial charge on any atom is -0.476 e. The second kappa shape index (κ2) is 6.80. The standard InChI is InChI=1S/C18H13BrN2O3/c19-10-11-7-8-14(13-5-2-1-4-12(11)13)17(22)21-15-6-3-9-20-16(15)18(23)24/h1-9H,10H2,(H,21,22)(H,23,24). The van der Waals surface area contributed by atoms with Crippen LogP contribution in [0.5, 0.6) is 0 Å². The predicted octanol–water partition coefficient (Wildman–Crippen LogP) is 4.08. The van der Waals surface area contributed by atoms with Gasteiger partial charge in [-0.3, -0.25) is 4.79 Å². The average Bonchev–Trinajstić information content (AvgIpc) is 2.61. The molecule has 0 aliphatic rings. The second-order valence-electron chi connectivity index (χ2n) is 5.11. The van der Waals surface area contributed by atoms with Crippen molar-refractivity contribution in [3.63, 3.8) is 0 Å². The van der Waals surface area contributed by atoms with Crippen molar-refractivity contribution < 1.29 is 14.7 Å². The van der Waals surface area contributed by atoms with Gasteiger partial charge in [-0.1, -0.05) is 46.3 Å². The van der Waals surface area contributed by atoms with Gasteiger partial charge in [0.1, 0.15) is 0 Å². The van der Waals surface area contributed by atoms with Crippen LogP contribution in [-0.2, 0) is 5.33 Å². The highest BCUT2D eigenvalue weighted by Gasteiger charge is 2.16. The Morgan fingerprint density at radius 1 is 1.04 bits per heavy atom. The van der Waals surface area contributed by atoms with Crippen LogP contribution in [0.1, 0.15) is 26.4 Å². The topological polar surface area (TPSA) is 79.3 Å². The molecule has 0 saturated carbocycles. The van der Waals surface area contributed by atoms with Gasteiger partial charge in [-0.25, -0.2) is 9.78 Å². The summed E-state index contributed by atoms with van der Waals surface area (Å²) in [5.74, 6) is -1.56. The maximum absolute atomic E-state index is 12.7. The SMILES string of the molecule is O=C(O)c1ncccc1NC(=O)c1ccc(CBr)c2ccccc12. The van der Waals surface area contributed by atoms with Gasteiger partial charge >= 0.3 is 5.97 Å². The number of aromatic carboxylic acids is 1. The first-order valence-electron chi connectivity index (χ1n) is 7.18. The number of hydrogen-bond acceptors (Lipinski definition) is 3. The van der Waals surface area contributed by atoms with Crippen LogP contribution >= 0.6 is 15.9 Å². The number of rotatable bonds is 4. The summed E-state index contributed by atoms with van der Waals surface area (Å²) < 4.78 is 0. The highest BCUT2D eigenvalue weighted by atomic mass is 79.9. The summed E-state index contributed by atoms with van der Waals surface area (Å²) in [6.07, 6.45) is 1.37. The maximum Gasteiger partial charge on any atom is 0.356 e. The molecule has 0 aliphatic carbocycles. The van der Waals surface area contributed by atoms with E-state index in [2.05, 4.69) is 26.2 Å². The number of nitrogens with zero attached hydrogens (tertiary/aromatic N) is 1. The van der Waals surface area contributed by atoms with Crippen LogP contribution in [-0.4, -0.2) is 22.0 Å². The Balaban J connectivity index is 2.03. The molecule has 0 spiro atoms. The predicted molar refractivity (Wildman–Crippen MR) is 95.7 cm³/mol. The Morgan fingerprint density at radius 2 is 1.79 bits per heavy atom. The molecule has 120 valence electrons. The van der Waals surface area contributed by atoms with Crippen molar-refractivity contribution >= 4 is 44.3 Å². The molecule has 0 atom stereocenters. The first kappa shape index (κ1) is 16.1. The van der Waals surface area contributed by atoms with E-state index < -0.39 is 5.97 Å². The van der Waals surface area contributed by atoms with Gasteiger partial charge in [-0.05, 0) is 34.5 Å². The van der Waals surface area contributed by atoms with Crippen LogP contribution < -0.4 is 5.32 Å². The van der Waals surface area contributed by atoms with Crippen molar-refractivity contribution in [1.29, 1.82) is 0 Å². The number of aromatic nitrogens is 1. The van der Waals surface area contributed by atoms with Crippen LogP contribution in [0.4, 0.5) is 5.69 Å². The molecule has 3 aromatic rings. The summed E-state index contributed by atoms with van der Waals surface area (Å²) >= 11 is 3.45. The highest BCUT2D eigenvalue weighted by Crippen LogP contribution is 2.25. The van der Waals surface area contributed by atoms with Crippen LogP contribution in [0.2, 0.25) is 0 Å². The number of hydrogen-bond donors (Lipinski definition) is 2. The molecule has 3 rings (SSSR count). The lowest BCUT2D eigenvalue weighted by molar-refractivity contribution is 0.0691. The first-order valence-corrected chi connectivity index (χ1v) is 8.30. The lowest BCUT2D eigenvalue weighted by Crippen LogP contribution is -2.16. The Hall–Kier alpha value is -2.73. The molecule has 2 aromatic carbocycles. The number of carboxylic acid groups (broad SMARTS) is 1. The Kier molecular flexibility index (Phi) is 4.57. The third kappa shape index (κ3) is 3.00. The minimum absolute atomic E-state index is 0.170. The quantitative estimate of drug-likeness (QED) is 0.664. The van der Waals surface area contributed by atoms with Crippen LogP contribution in [0.3, 0.4) is 0 Å². The smallest absolute Gasteiger partial charge is 0.356 e. The molecule has 5 nitrogen and oxygen atoms in total. The van der Waals surface area contributed by atoms with Gasteiger partial charge < -0.3 is 10.4 Å². The number of pyridine rings is 1. The number of fused-ring (bicyclic) bond motifs is 1. The van der Waals surface area contributed by atoms with E-state index in [4.69, 9.17) is 0 Å². The molecule has 2 N–H and O–H groups in total. The molecule has 0 radical (unpaired) electrons. The Labute approximate surface area is 146 Å². The summed E-state index contributed by atoms with van der Waals surface area (Å²) in [6, 6.07) is 14.3. The Morgan fingerprint density at radius 3 is 2.50 bits per heavy atom. The zero-order chi connectivity index (χ0) is 17.1. The molecule has 1 heterocycles. The molecular weight excluding hydrogens is 372 g/mol. The van der Waals surface area contributed by atoms with Gasteiger partial charge in [0.25, 0.3) is 5.91 Å². The zero-order valence-electron chi connectivity index (χ0n) is 12.5. The number of alkyl halides is 1. The number of carbonyl (C=O) groups excluding carboxylic acids is 1. The fourth-order valence-electron chi connectivity index (χ4n) is 2.54. The van der Waals surface area contributed by atoms with E-state index in [0.717, 1.165) is 16.3 Å². The van der Waals surface area contributed by atoms with Gasteiger partial charge in [-0.2, -0.15) is 0 Å². The number of benzene rings is 2. The number of amides is 1. The van der Waals surface area contributed by atoms with Gasteiger partial charge in [0.15, 0.2) is 5.69 Å². The number of nitrogens with one attached hydrogen (secondary N) is 1. The summed E-state index contributed by atoms with van der Waals surface area (Å²) in [7, 11) is 0. The molecular formula is C18H13BrN2O3. The third-order valence-corrected chi connectivity index (χ3v) is 4.27. The van der Waals surface area contributed by atoms with E-state index >= 15 is 0 Å². The fourth-order valence-corrected chi connectivity index (χ4v) is 3.03. The number of halogens is 1. The molecule has 6 heteroatoms. The van der Waals surface area contributed by atoms with Gasteiger partial charge in [0.2, 0.25) is 0 Å². The normalized spacial score (nSPS) is 10.5. The van der Waals surface area contributed by atoms with Crippen LogP contribution in [0.15, 0.2) is 54.7 Å². The van der Waals surface area contributed by atoms with Crippen molar-refractivity contribution in [1.82, 2.24) is 4.98 Å². The number of carbonyl (C=O) groups is 2. The molecule has 0 saturated heterocycles. The van der Waals surface area contributed by atoms with Gasteiger partial charge in [0, 0.05) is 17.1 Å². The summed E-state index contributed by atoms with van der Waals surface area (Å²) in [5, 5.41) is 14.3. The van der Waals surface area contributed by atoms with Gasteiger partial charge in [-0.15, -0.1) is 0 Å². The average molecular weight is 385 g/mol. The van der Waals surface area contributed by atoms with E-state index in [9.17, 15) is 14.7 Å². The monoisotopic (exact) mass is 384 g/mol. The van der Waals surface area contributed by atoms with Crippen LogP contribution in [0, 0.1) is 0 Å². The Bertz CT molecular complexity index is 940. The van der Waals surface area contributed by atoms with Crippen molar-refractivity contribution in [3.05, 3.63) is 71.5 Å². The summed E-state index contributed by atoms with van der Waals surface area (Å²) in [4.78, 5) is 27.7. The number of anilines is 1. The molecule has 0 unspecified atom stereocenters. The maximum atomic E-state index is 12.7. The van der Waals surface area contributed by atoms with Crippen molar-refractivity contribution in [2.75, 3.05) is 5.32 Å². The highest BCUT2D eigenvalue weighted by molar-refractivity contribution is 9.08. The lowest BCUT2D eigenvalue weighted by Gasteiger charge is -2.11. The molecule has 1 aromatic heterocycles. The second-order valence-corrected chi connectivity index (χ2v) is 5.67. The molecule has 0 fully saturated rings. The van der Waals surface area contributed by atoms with E-state index in [1.54, 1.807) is 12.1 Å². The van der Waals surface area contributed by atoms with Gasteiger partial charge in [0.05, 0.1) is 5.69 Å². The summed E-state index contributed by atoms with van der Waals surface area (Å²) in [5.41, 5.74) is 1.54. The van der Waals surface area contributed by atoms with Crippen LogP contribution in [0.25, 0.3) is 10.8 Å². The summed E-state index contributed by atoms with van der Waals surface area (Å²) in [6.45, 7) is 0. The fraction of sp³-hybridized carbons (Fsp3) is 0.0556. The van der Waals surface area contributed by atoms with E-state index in [-0.39, 0.29) is 17.3 Å².